The first kappa shape index (κ1) is 17.5. The van der Waals surface area contributed by atoms with Crippen molar-refractivity contribution >= 4 is 17.5 Å². The highest BCUT2D eigenvalue weighted by molar-refractivity contribution is 6.30. The topological polar surface area (TPSA) is 49.3 Å². The molecule has 0 fully saturated rings. The number of amides is 1. The van der Waals surface area contributed by atoms with Crippen LogP contribution in [0.5, 0.6) is 0 Å². The van der Waals surface area contributed by atoms with Crippen LogP contribution in [0.1, 0.15) is 29.9 Å². The van der Waals surface area contributed by atoms with Gasteiger partial charge in [-0.15, -0.1) is 0 Å². The highest BCUT2D eigenvalue weighted by atomic mass is 35.5. The zero-order chi connectivity index (χ0) is 16.5. The Morgan fingerprint density at radius 2 is 1.91 bits per heavy atom. The van der Waals surface area contributed by atoms with Crippen molar-refractivity contribution in [3.63, 3.8) is 0 Å². The molecule has 1 amide bonds. The fourth-order valence-corrected chi connectivity index (χ4v) is 2.76. The lowest BCUT2D eigenvalue weighted by Gasteiger charge is -2.17. The van der Waals surface area contributed by atoms with E-state index >= 15 is 0 Å². The van der Waals surface area contributed by atoms with Crippen molar-refractivity contribution in [1.82, 2.24) is 5.32 Å². The van der Waals surface area contributed by atoms with E-state index in [-0.39, 0.29) is 18.4 Å². The molecule has 0 spiro atoms. The lowest BCUT2D eigenvalue weighted by molar-refractivity contribution is -0.121. The van der Waals surface area contributed by atoms with Gasteiger partial charge in [-0.05, 0) is 36.1 Å². The van der Waals surface area contributed by atoms with Gasteiger partial charge in [0.05, 0.1) is 0 Å². The summed E-state index contributed by atoms with van der Waals surface area (Å²) in [5, 5.41) is 12.9. The molecule has 0 saturated carbocycles. The largest absolute Gasteiger partial charge is 0.396 e. The van der Waals surface area contributed by atoms with E-state index in [1.165, 1.54) is 0 Å². The van der Waals surface area contributed by atoms with Gasteiger partial charge in [-0.1, -0.05) is 54.1 Å². The zero-order valence-electron chi connectivity index (χ0n) is 13.0. The summed E-state index contributed by atoms with van der Waals surface area (Å²) in [5.74, 6) is 0.153. The van der Waals surface area contributed by atoms with Crippen molar-refractivity contribution in [2.45, 2.75) is 25.2 Å². The van der Waals surface area contributed by atoms with E-state index in [4.69, 9.17) is 11.6 Å². The number of carbonyl (C=O) groups excluding carboxylic acids is 1. The molecular weight excluding hydrogens is 310 g/mol. The Morgan fingerprint density at radius 1 is 1.13 bits per heavy atom. The van der Waals surface area contributed by atoms with E-state index in [9.17, 15) is 9.90 Å². The minimum absolute atomic E-state index is 0.0175. The summed E-state index contributed by atoms with van der Waals surface area (Å²) in [5.41, 5.74) is 2.19. The molecule has 3 nitrogen and oxygen atoms in total. The maximum atomic E-state index is 12.0. The summed E-state index contributed by atoms with van der Waals surface area (Å²) in [6.45, 7) is 0.650. The molecule has 0 aromatic heterocycles. The maximum absolute atomic E-state index is 12.0. The van der Waals surface area contributed by atoms with Crippen LogP contribution in [0.25, 0.3) is 0 Å². The van der Waals surface area contributed by atoms with Gasteiger partial charge in [0, 0.05) is 30.5 Å². The first-order valence-corrected chi connectivity index (χ1v) is 8.24. The fourth-order valence-electron chi connectivity index (χ4n) is 2.54. The Balaban J connectivity index is 1.82. The number of aryl methyl sites for hydroxylation is 1. The van der Waals surface area contributed by atoms with Gasteiger partial charge in [0.15, 0.2) is 0 Å². The normalized spacial score (nSPS) is 11.9. The summed E-state index contributed by atoms with van der Waals surface area (Å²) in [6, 6.07) is 17.5. The van der Waals surface area contributed by atoms with E-state index in [1.54, 1.807) is 0 Å². The van der Waals surface area contributed by atoms with Gasteiger partial charge in [-0.3, -0.25) is 4.79 Å². The quantitative estimate of drug-likeness (QED) is 0.777. The zero-order valence-corrected chi connectivity index (χ0v) is 13.8. The first-order chi connectivity index (χ1) is 11.2. The van der Waals surface area contributed by atoms with E-state index in [0.717, 1.165) is 11.1 Å². The minimum atomic E-state index is 0.0175. The van der Waals surface area contributed by atoms with Crippen LogP contribution in [0.3, 0.4) is 0 Å². The van der Waals surface area contributed by atoms with E-state index in [0.29, 0.717) is 30.8 Å². The highest BCUT2D eigenvalue weighted by Crippen LogP contribution is 2.18. The SMILES string of the molecule is O=C(CCc1cccc(Cl)c1)NCC(CCO)c1ccccc1. The Bertz CT molecular complexity index is 616. The van der Waals surface area contributed by atoms with Gasteiger partial charge in [-0.25, -0.2) is 0 Å². The number of rotatable bonds is 8. The molecule has 2 N–H and O–H groups in total. The molecule has 2 aromatic rings. The molecular formula is C19H22ClNO2. The van der Waals surface area contributed by atoms with Crippen molar-refractivity contribution in [3.8, 4) is 0 Å². The van der Waals surface area contributed by atoms with E-state index in [2.05, 4.69) is 5.32 Å². The lowest BCUT2D eigenvalue weighted by atomic mass is 9.96. The van der Waals surface area contributed by atoms with Gasteiger partial charge in [-0.2, -0.15) is 0 Å². The molecule has 0 bridgehead atoms. The minimum Gasteiger partial charge on any atom is -0.396 e. The third-order valence-corrected chi connectivity index (χ3v) is 4.06. The van der Waals surface area contributed by atoms with Crippen LogP contribution in [-0.4, -0.2) is 24.2 Å². The van der Waals surface area contributed by atoms with Crippen LogP contribution >= 0.6 is 11.6 Å². The van der Waals surface area contributed by atoms with Crippen LogP contribution in [0.2, 0.25) is 5.02 Å². The Hall–Kier alpha value is -1.84. The average molecular weight is 332 g/mol. The molecule has 4 heteroatoms. The summed E-state index contributed by atoms with van der Waals surface area (Å²) in [6.07, 6.45) is 1.74. The van der Waals surface area contributed by atoms with Gasteiger partial charge in [0.25, 0.3) is 0 Å². The van der Waals surface area contributed by atoms with Gasteiger partial charge in [0.1, 0.15) is 0 Å². The van der Waals surface area contributed by atoms with Gasteiger partial charge >= 0.3 is 0 Å². The highest BCUT2D eigenvalue weighted by Gasteiger charge is 2.12. The Labute approximate surface area is 142 Å². The molecule has 0 aliphatic rings. The van der Waals surface area contributed by atoms with E-state index in [1.807, 2.05) is 54.6 Å². The number of hydrogen-bond acceptors (Lipinski definition) is 2. The van der Waals surface area contributed by atoms with Crippen molar-refractivity contribution in [1.29, 1.82) is 0 Å². The standard InChI is InChI=1S/C19H22ClNO2/c20-18-8-4-5-15(13-18)9-10-19(23)21-14-17(11-12-22)16-6-2-1-3-7-16/h1-8,13,17,22H,9-12,14H2,(H,21,23). The molecule has 2 aromatic carbocycles. The molecule has 2 rings (SSSR count). The van der Waals surface area contributed by atoms with Gasteiger partial charge < -0.3 is 10.4 Å². The average Bonchev–Trinajstić information content (AvgIpc) is 2.57. The first-order valence-electron chi connectivity index (χ1n) is 7.86. The molecule has 122 valence electrons. The van der Waals surface area contributed by atoms with Crippen LogP contribution in [0.15, 0.2) is 54.6 Å². The number of halogens is 1. The molecule has 0 heterocycles. The maximum Gasteiger partial charge on any atom is 0.220 e. The summed E-state index contributed by atoms with van der Waals surface area (Å²) in [4.78, 5) is 12.0. The predicted molar refractivity (Wildman–Crippen MR) is 93.7 cm³/mol. The number of hydrogen-bond donors (Lipinski definition) is 2. The molecule has 0 aliphatic heterocycles. The monoisotopic (exact) mass is 331 g/mol. The lowest BCUT2D eigenvalue weighted by Crippen LogP contribution is -2.29. The second-order valence-electron chi connectivity index (χ2n) is 5.55. The van der Waals surface area contributed by atoms with Crippen molar-refractivity contribution in [3.05, 3.63) is 70.7 Å². The van der Waals surface area contributed by atoms with Crippen molar-refractivity contribution < 1.29 is 9.90 Å². The third-order valence-electron chi connectivity index (χ3n) is 3.82. The molecule has 0 saturated heterocycles. The summed E-state index contributed by atoms with van der Waals surface area (Å²) < 4.78 is 0. The number of nitrogens with one attached hydrogen (secondary N) is 1. The summed E-state index contributed by atoms with van der Waals surface area (Å²) in [7, 11) is 0. The van der Waals surface area contributed by atoms with Gasteiger partial charge in [0.2, 0.25) is 5.91 Å². The number of aliphatic hydroxyl groups is 1. The summed E-state index contributed by atoms with van der Waals surface area (Å²) >= 11 is 5.94. The van der Waals surface area contributed by atoms with Crippen molar-refractivity contribution in [2.75, 3.05) is 13.2 Å². The Morgan fingerprint density at radius 3 is 2.61 bits per heavy atom. The number of benzene rings is 2. The number of aliphatic hydroxyl groups excluding tert-OH is 1. The van der Waals surface area contributed by atoms with Crippen LogP contribution in [-0.2, 0) is 11.2 Å². The molecule has 0 radical (unpaired) electrons. The smallest absolute Gasteiger partial charge is 0.220 e. The Kier molecular flexibility index (Phi) is 7.11. The third kappa shape index (κ3) is 6.05. The van der Waals surface area contributed by atoms with Crippen LogP contribution in [0, 0.1) is 0 Å². The van der Waals surface area contributed by atoms with Crippen molar-refractivity contribution in [2.24, 2.45) is 0 Å². The second kappa shape index (κ2) is 9.33. The van der Waals surface area contributed by atoms with E-state index < -0.39 is 0 Å². The molecule has 1 unspecified atom stereocenters. The second-order valence-corrected chi connectivity index (χ2v) is 5.99. The predicted octanol–water partition coefficient (Wildman–Crippen LogP) is 3.56. The van der Waals surface area contributed by atoms with Crippen LogP contribution in [0.4, 0.5) is 0 Å². The fraction of sp³-hybridized carbons (Fsp3) is 0.316. The molecule has 1 atom stereocenters. The van der Waals surface area contributed by atoms with Crippen LogP contribution < -0.4 is 5.32 Å². The molecule has 23 heavy (non-hydrogen) atoms. The number of carbonyl (C=O) groups is 1. The molecule has 0 aliphatic carbocycles.